The van der Waals surface area contributed by atoms with Crippen LogP contribution < -0.4 is 0 Å². The standard InChI is InChI=1S/C12H23NO3/c1-9(2)7-12(4,11(14)15)13-5-6-16-10(3)8-13/h9-10H,5-8H2,1-4H3,(H,14,15). The predicted octanol–water partition coefficient (Wildman–Crippen LogP) is 1.60. The Hall–Kier alpha value is -0.610. The first-order chi connectivity index (χ1) is 7.36. The Balaban J connectivity index is 2.79. The van der Waals surface area contributed by atoms with E-state index in [1.807, 2.05) is 18.7 Å². The number of carboxylic acid groups (broad SMARTS) is 1. The Morgan fingerprint density at radius 1 is 1.62 bits per heavy atom. The molecule has 1 rings (SSSR count). The molecule has 4 nitrogen and oxygen atoms in total. The topological polar surface area (TPSA) is 49.8 Å². The van der Waals surface area contributed by atoms with Crippen molar-refractivity contribution in [3.63, 3.8) is 0 Å². The minimum absolute atomic E-state index is 0.125. The molecular weight excluding hydrogens is 206 g/mol. The van der Waals surface area contributed by atoms with Crippen LogP contribution in [0.5, 0.6) is 0 Å². The molecule has 1 aliphatic rings. The van der Waals surface area contributed by atoms with Crippen LogP contribution in [-0.2, 0) is 9.53 Å². The van der Waals surface area contributed by atoms with Crippen LogP contribution in [0, 0.1) is 5.92 Å². The van der Waals surface area contributed by atoms with Gasteiger partial charge in [-0.1, -0.05) is 13.8 Å². The van der Waals surface area contributed by atoms with Crippen molar-refractivity contribution in [1.82, 2.24) is 4.90 Å². The highest BCUT2D eigenvalue weighted by Crippen LogP contribution is 2.26. The number of hydrogen-bond acceptors (Lipinski definition) is 3. The molecule has 1 aliphatic heterocycles. The SMILES string of the molecule is CC(C)CC(C)(C(=O)O)N1CCOC(C)C1. The summed E-state index contributed by atoms with van der Waals surface area (Å²) in [6.07, 6.45) is 0.800. The van der Waals surface area contributed by atoms with E-state index in [0.717, 1.165) is 0 Å². The Morgan fingerprint density at radius 2 is 2.25 bits per heavy atom. The average molecular weight is 229 g/mol. The first-order valence-electron chi connectivity index (χ1n) is 5.96. The van der Waals surface area contributed by atoms with Crippen molar-refractivity contribution in [2.75, 3.05) is 19.7 Å². The quantitative estimate of drug-likeness (QED) is 0.795. The number of carbonyl (C=O) groups is 1. The van der Waals surface area contributed by atoms with E-state index in [9.17, 15) is 9.90 Å². The van der Waals surface area contributed by atoms with Crippen LogP contribution in [0.1, 0.15) is 34.1 Å². The van der Waals surface area contributed by atoms with Gasteiger partial charge < -0.3 is 9.84 Å². The number of carboxylic acids is 1. The number of aliphatic carboxylic acids is 1. The molecule has 1 fully saturated rings. The second-order valence-electron chi connectivity index (χ2n) is 5.30. The molecule has 2 unspecified atom stereocenters. The molecule has 1 N–H and O–H groups in total. The maximum Gasteiger partial charge on any atom is 0.323 e. The van der Waals surface area contributed by atoms with Gasteiger partial charge in [-0.05, 0) is 26.2 Å². The molecule has 0 aromatic carbocycles. The molecule has 0 saturated carbocycles. The predicted molar refractivity (Wildman–Crippen MR) is 62.5 cm³/mol. The molecule has 2 atom stereocenters. The molecular formula is C12H23NO3. The Kier molecular flexibility index (Phi) is 4.33. The summed E-state index contributed by atoms with van der Waals surface area (Å²) in [5.41, 5.74) is -0.758. The lowest BCUT2D eigenvalue weighted by Gasteiger charge is -2.43. The van der Waals surface area contributed by atoms with Gasteiger partial charge in [0, 0.05) is 13.1 Å². The summed E-state index contributed by atoms with van der Waals surface area (Å²) in [7, 11) is 0. The molecule has 0 bridgehead atoms. The number of rotatable bonds is 4. The third-order valence-corrected chi connectivity index (χ3v) is 3.21. The molecule has 0 spiro atoms. The lowest BCUT2D eigenvalue weighted by atomic mass is 9.88. The highest BCUT2D eigenvalue weighted by atomic mass is 16.5. The number of hydrogen-bond donors (Lipinski definition) is 1. The number of morpholine rings is 1. The molecule has 0 aromatic heterocycles. The third kappa shape index (κ3) is 2.95. The lowest BCUT2D eigenvalue weighted by molar-refractivity contribution is -0.157. The van der Waals surface area contributed by atoms with Gasteiger partial charge in [0.05, 0.1) is 12.7 Å². The summed E-state index contributed by atoms with van der Waals surface area (Å²) < 4.78 is 5.45. The first kappa shape index (κ1) is 13.5. The zero-order valence-electron chi connectivity index (χ0n) is 10.7. The lowest BCUT2D eigenvalue weighted by Crippen LogP contribution is -2.58. The van der Waals surface area contributed by atoms with Gasteiger partial charge in [-0.2, -0.15) is 0 Å². The van der Waals surface area contributed by atoms with E-state index in [1.165, 1.54) is 0 Å². The van der Waals surface area contributed by atoms with Crippen molar-refractivity contribution in [2.45, 2.75) is 45.8 Å². The third-order valence-electron chi connectivity index (χ3n) is 3.21. The van der Waals surface area contributed by atoms with Crippen molar-refractivity contribution in [3.05, 3.63) is 0 Å². The molecule has 0 radical (unpaired) electrons. The van der Waals surface area contributed by atoms with E-state index >= 15 is 0 Å². The van der Waals surface area contributed by atoms with Gasteiger partial charge in [0.1, 0.15) is 5.54 Å². The van der Waals surface area contributed by atoms with E-state index in [4.69, 9.17) is 4.74 Å². The summed E-state index contributed by atoms with van der Waals surface area (Å²) in [6, 6.07) is 0. The Labute approximate surface area is 97.6 Å². The average Bonchev–Trinajstić information content (AvgIpc) is 2.16. The molecule has 0 aliphatic carbocycles. The minimum Gasteiger partial charge on any atom is -0.480 e. The van der Waals surface area contributed by atoms with E-state index in [0.29, 0.717) is 32.0 Å². The van der Waals surface area contributed by atoms with Gasteiger partial charge in [0.25, 0.3) is 0 Å². The normalized spacial score (nSPS) is 26.7. The van der Waals surface area contributed by atoms with Crippen molar-refractivity contribution in [3.8, 4) is 0 Å². The molecule has 94 valence electrons. The smallest absolute Gasteiger partial charge is 0.323 e. The van der Waals surface area contributed by atoms with Gasteiger partial charge in [-0.3, -0.25) is 9.69 Å². The molecule has 16 heavy (non-hydrogen) atoms. The van der Waals surface area contributed by atoms with Crippen LogP contribution in [0.4, 0.5) is 0 Å². The second kappa shape index (κ2) is 5.15. The fourth-order valence-corrected chi connectivity index (χ4v) is 2.41. The molecule has 0 aromatic rings. The van der Waals surface area contributed by atoms with E-state index in [1.54, 1.807) is 0 Å². The van der Waals surface area contributed by atoms with Gasteiger partial charge in [0.15, 0.2) is 0 Å². The number of nitrogens with zero attached hydrogens (tertiary/aromatic N) is 1. The Morgan fingerprint density at radius 3 is 2.69 bits per heavy atom. The largest absolute Gasteiger partial charge is 0.480 e. The van der Waals surface area contributed by atoms with Crippen LogP contribution in [0.15, 0.2) is 0 Å². The summed E-state index contributed by atoms with van der Waals surface area (Å²) in [4.78, 5) is 13.5. The van der Waals surface area contributed by atoms with Crippen molar-refractivity contribution in [2.24, 2.45) is 5.92 Å². The zero-order valence-corrected chi connectivity index (χ0v) is 10.7. The van der Waals surface area contributed by atoms with Crippen LogP contribution in [0.2, 0.25) is 0 Å². The van der Waals surface area contributed by atoms with Crippen molar-refractivity contribution in [1.29, 1.82) is 0 Å². The zero-order chi connectivity index (χ0) is 12.3. The van der Waals surface area contributed by atoms with E-state index < -0.39 is 11.5 Å². The summed E-state index contributed by atoms with van der Waals surface area (Å²) in [5.74, 6) is -0.352. The van der Waals surface area contributed by atoms with Gasteiger partial charge in [0.2, 0.25) is 0 Å². The molecule has 4 heteroatoms. The maximum absolute atomic E-state index is 11.5. The number of ether oxygens (including phenoxy) is 1. The van der Waals surface area contributed by atoms with Crippen molar-refractivity contribution >= 4 is 5.97 Å². The maximum atomic E-state index is 11.5. The first-order valence-corrected chi connectivity index (χ1v) is 5.96. The van der Waals surface area contributed by atoms with Crippen LogP contribution >= 0.6 is 0 Å². The van der Waals surface area contributed by atoms with Gasteiger partial charge in [-0.15, -0.1) is 0 Å². The minimum atomic E-state index is -0.758. The fourth-order valence-electron chi connectivity index (χ4n) is 2.41. The highest BCUT2D eigenvalue weighted by molar-refractivity contribution is 5.78. The summed E-state index contributed by atoms with van der Waals surface area (Å²) >= 11 is 0. The van der Waals surface area contributed by atoms with Crippen LogP contribution in [0.3, 0.4) is 0 Å². The summed E-state index contributed by atoms with van der Waals surface area (Å²) in [6.45, 7) is 9.98. The molecule has 1 heterocycles. The van der Waals surface area contributed by atoms with E-state index in [2.05, 4.69) is 13.8 Å². The summed E-state index contributed by atoms with van der Waals surface area (Å²) in [5, 5.41) is 9.44. The van der Waals surface area contributed by atoms with Crippen LogP contribution in [0.25, 0.3) is 0 Å². The molecule has 0 amide bonds. The molecule has 1 saturated heterocycles. The van der Waals surface area contributed by atoms with Crippen molar-refractivity contribution < 1.29 is 14.6 Å². The van der Waals surface area contributed by atoms with Gasteiger partial charge in [-0.25, -0.2) is 0 Å². The Bertz CT molecular complexity index is 255. The van der Waals surface area contributed by atoms with Gasteiger partial charge >= 0.3 is 5.97 Å². The second-order valence-corrected chi connectivity index (χ2v) is 5.30. The van der Waals surface area contributed by atoms with E-state index in [-0.39, 0.29) is 6.10 Å². The monoisotopic (exact) mass is 229 g/mol. The highest BCUT2D eigenvalue weighted by Gasteiger charge is 2.41. The van der Waals surface area contributed by atoms with Crippen LogP contribution in [-0.4, -0.2) is 47.3 Å². The fraction of sp³-hybridized carbons (Fsp3) is 0.917.